The van der Waals surface area contributed by atoms with Crippen molar-refractivity contribution in [2.45, 2.75) is 76.5 Å². The highest BCUT2D eigenvalue weighted by Gasteiger charge is 2.39. The van der Waals surface area contributed by atoms with Gasteiger partial charge in [0.25, 0.3) is 0 Å². The quantitative estimate of drug-likeness (QED) is 0.561. The zero-order chi connectivity index (χ0) is 25.8. The minimum atomic E-state index is -0.582. The molecule has 0 bridgehead atoms. The summed E-state index contributed by atoms with van der Waals surface area (Å²) in [6.45, 7) is 15.6. The maximum absolute atomic E-state index is 11.2. The van der Waals surface area contributed by atoms with Gasteiger partial charge in [0.15, 0.2) is 0 Å². The van der Waals surface area contributed by atoms with E-state index < -0.39 is 5.60 Å². The van der Waals surface area contributed by atoms with Gasteiger partial charge in [-0.3, -0.25) is 9.80 Å². The molecule has 0 spiro atoms. The van der Waals surface area contributed by atoms with Crippen LogP contribution in [0.3, 0.4) is 0 Å². The topological polar surface area (TPSA) is 53.7 Å². The third kappa shape index (κ3) is 6.48. The van der Waals surface area contributed by atoms with Crippen LogP contribution in [0.2, 0.25) is 0 Å². The van der Waals surface area contributed by atoms with Crippen molar-refractivity contribution in [2.24, 2.45) is 0 Å². The number of hydrogen-bond donors (Lipinski definition) is 1. The lowest BCUT2D eigenvalue weighted by molar-refractivity contribution is -0.0486. The van der Waals surface area contributed by atoms with Gasteiger partial charge in [0.1, 0.15) is 0 Å². The number of likely N-dealkylation sites (tertiary alicyclic amines) is 1. The highest BCUT2D eigenvalue weighted by molar-refractivity contribution is 5.50. The molecule has 2 aliphatic rings. The summed E-state index contributed by atoms with van der Waals surface area (Å²) in [5.41, 5.74) is 2.85. The standard InChI is InChI=1S/C31H44N4O/c1-29(2,34-18-16-31(36,17-19-34)24-26-8-6-5-7-9-26)14-15-30(3,4)35-22-20-33(21-23-35)28-12-10-27(25-32)11-13-28/h5-13,36H,14-24H2,1-4H3. The second kappa shape index (κ2) is 10.9. The smallest absolute Gasteiger partial charge is 0.0991 e. The molecule has 1 N–H and O–H groups in total. The first-order valence-electron chi connectivity index (χ1n) is 13.6. The number of nitrogens with zero attached hydrogens (tertiary/aromatic N) is 4. The monoisotopic (exact) mass is 488 g/mol. The average molecular weight is 489 g/mol. The van der Waals surface area contributed by atoms with E-state index in [1.165, 1.54) is 11.3 Å². The number of nitriles is 1. The van der Waals surface area contributed by atoms with E-state index in [0.29, 0.717) is 0 Å². The van der Waals surface area contributed by atoms with E-state index in [1.807, 2.05) is 18.2 Å². The van der Waals surface area contributed by atoms with Crippen LogP contribution in [-0.4, -0.2) is 70.9 Å². The normalized spacial score (nSPS) is 19.7. The van der Waals surface area contributed by atoms with Gasteiger partial charge in [-0.2, -0.15) is 5.26 Å². The summed E-state index contributed by atoms with van der Waals surface area (Å²) in [5.74, 6) is 0. The lowest BCUT2D eigenvalue weighted by Gasteiger charge is -2.49. The van der Waals surface area contributed by atoms with Crippen molar-refractivity contribution in [3.05, 3.63) is 65.7 Å². The highest BCUT2D eigenvalue weighted by Crippen LogP contribution is 2.34. The molecular formula is C31H44N4O. The van der Waals surface area contributed by atoms with E-state index in [9.17, 15) is 5.11 Å². The third-order valence-corrected chi connectivity index (χ3v) is 8.77. The Hall–Kier alpha value is -2.39. The maximum atomic E-state index is 11.2. The van der Waals surface area contributed by atoms with Gasteiger partial charge in [-0.25, -0.2) is 0 Å². The van der Waals surface area contributed by atoms with E-state index in [2.05, 4.69) is 84.9 Å². The summed E-state index contributed by atoms with van der Waals surface area (Å²) < 4.78 is 0. The summed E-state index contributed by atoms with van der Waals surface area (Å²) in [6, 6.07) is 20.6. The van der Waals surface area contributed by atoms with Crippen molar-refractivity contribution in [1.82, 2.24) is 9.80 Å². The van der Waals surface area contributed by atoms with Gasteiger partial charge in [0.2, 0.25) is 0 Å². The highest BCUT2D eigenvalue weighted by atomic mass is 16.3. The van der Waals surface area contributed by atoms with Crippen LogP contribution in [0.25, 0.3) is 0 Å². The number of anilines is 1. The SMILES string of the molecule is CC(C)(CCC(C)(C)N1CCC(O)(Cc2ccccc2)CC1)N1CCN(c2ccc(C#N)cc2)CC1. The lowest BCUT2D eigenvalue weighted by Crippen LogP contribution is -2.56. The summed E-state index contributed by atoms with van der Waals surface area (Å²) in [5, 5.41) is 20.3. The fraction of sp³-hybridized carbons (Fsp3) is 0.581. The molecule has 2 fully saturated rings. The Kier molecular flexibility index (Phi) is 8.09. The molecule has 4 rings (SSSR count). The molecule has 0 unspecified atom stereocenters. The first kappa shape index (κ1) is 26.7. The van der Waals surface area contributed by atoms with Crippen LogP contribution in [0.5, 0.6) is 0 Å². The van der Waals surface area contributed by atoms with Crippen molar-refractivity contribution in [1.29, 1.82) is 5.26 Å². The van der Waals surface area contributed by atoms with Crippen LogP contribution in [-0.2, 0) is 6.42 Å². The molecule has 5 nitrogen and oxygen atoms in total. The van der Waals surface area contributed by atoms with Crippen molar-refractivity contribution in [2.75, 3.05) is 44.2 Å². The minimum absolute atomic E-state index is 0.121. The first-order valence-corrected chi connectivity index (χ1v) is 13.6. The Labute approximate surface area is 218 Å². The van der Waals surface area contributed by atoms with Crippen LogP contribution in [0.4, 0.5) is 5.69 Å². The van der Waals surface area contributed by atoms with E-state index in [0.717, 1.165) is 76.9 Å². The van der Waals surface area contributed by atoms with Gasteiger partial charge in [0, 0.05) is 62.5 Å². The summed E-state index contributed by atoms with van der Waals surface area (Å²) in [6.07, 6.45) is 4.73. The molecule has 2 saturated heterocycles. The Morgan fingerprint density at radius 2 is 1.31 bits per heavy atom. The van der Waals surface area contributed by atoms with E-state index in [-0.39, 0.29) is 11.1 Å². The molecule has 0 aliphatic carbocycles. The Balaban J connectivity index is 1.25. The molecule has 0 saturated carbocycles. The summed E-state index contributed by atoms with van der Waals surface area (Å²) in [4.78, 5) is 7.69. The van der Waals surface area contributed by atoms with Gasteiger partial charge < -0.3 is 10.0 Å². The predicted molar refractivity (Wildman–Crippen MR) is 148 cm³/mol. The average Bonchev–Trinajstić information content (AvgIpc) is 2.88. The molecule has 36 heavy (non-hydrogen) atoms. The summed E-state index contributed by atoms with van der Waals surface area (Å²) >= 11 is 0. The second-order valence-corrected chi connectivity index (χ2v) is 12.1. The maximum Gasteiger partial charge on any atom is 0.0991 e. The molecular weight excluding hydrogens is 444 g/mol. The van der Waals surface area contributed by atoms with E-state index in [4.69, 9.17) is 5.26 Å². The van der Waals surface area contributed by atoms with E-state index >= 15 is 0 Å². The number of benzene rings is 2. The number of rotatable bonds is 8. The van der Waals surface area contributed by atoms with Crippen LogP contribution >= 0.6 is 0 Å². The second-order valence-electron chi connectivity index (χ2n) is 12.1. The Morgan fingerprint density at radius 3 is 1.83 bits per heavy atom. The number of aliphatic hydroxyl groups is 1. The lowest BCUT2D eigenvalue weighted by atomic mass is 9.81. The molecule has 2 aromatic rings. The Bertz CT molecular complexity index is 1010. The van der Waals surface area contributed by atoms with Crippen LogP contribution in [0.15, 0.2) is 54.6 Å². The van der Waals surface area contributed by atoms with Gasteiger partial charge in [0.05, 0.1) is 17.2 Å². The molecule has 0 amide bonds. The fourth-order valence-corrected chi connectivity index (χ4v) is 5.93. The van der Waals surface area contributed by atoms with E-state index in [1.54, 1.807) is 0 Å². The minimum Gasteiger partial charge on any atom is -0.389 e. The van der Waals surface area contributed by atoms with Crippen molar-refractivity contribution < 1.29 is 5.11 Å². The zero-order valence-electron chi connectivity index (χ0n) is 22.7. The van der Waals surface area contributed by atoms with Crippen molar-refractivity contribution in [3.8, 4) is 6.07 Å². The molecule has 0 atom stereocenters. The van der Waals surface area contributed by atoms with Crippen LogP contribution < -0.4 is 4.90 Å². The van der Waals surface area contributed by atoms with Crippen LogP contribution in [0.1, 0.15) is 64.5 Å². The molecule has 0 aromatic heterocycles. The number of piperazine rings is 1. The predicted octanol–water partition coefficient (Wildman–Crippen LogP) is 5.09. The molecule has 2 heterocycles. The van der Waals surface area contributed by atoms with Crippen LogP contribution in [0, 0.1) is 11.3 Å². The number of hydrogen-bond acceptors (Lipinski definition) is 5. The third-order valence-electron chi connectivity index (χ3n) is 8.77. The first-order chi connectivity index (χ1) is 17.1. The molecule has 5 heteroatoms. The molecule has 2 aliphatic heterocycles. The number of piperidine rings is 1. The van der Waals surface area contributed by atoms with Crippen molar-refractivity contribution >= 4 is 5.69 Å². The summed E-state index contributed by atoms with van der Waals surface area (Å²) in [7, 11) is 0. The molecule has 194 valence electrons. The molecule has 0 radical (unpaired) electrons. The van der Waals surface area contributed by atoms with Gasteiger partial charge in [-0.15, -0.1) is 0 Å². The Morgan fingerprint density at radius 1 is 0.778 bits per heavy atom. The largest absolute Gasteiger partial charge is 0.389 e. The van der Waals surface area contributed by atoms with Gasteiger partial charge in [-0.05, 0) is 83.2 Å². The molecule has 2 aromatic carbocycles. The van der Waals surface area contributed by atoms with Crippen molar-refractivity contribution in [3.63, 3.8) is 0 Å². The van der Waals surface area contributed by atoms with Gasteiger partial charge >= 0.3 is 0 Å². The zero-order valence-corrected chi connectivity index (χ0v) is 22.7. The van der Waals surface area contributed by atoms with Gasteiger partial charge in [-0.1, -0.05) is 30.3 Å². The fourth-order valence-electron chi connectivity index (χ4n) is 5.93.